The maximum absolute atomic E-state index is 12.0. The average Bonchev–Trinajstić information content (AvgIpc) is 2.57. The van der Waals surface area contributed by atoms with Crippen molar-refractivity contribution in [1.82, 2.24) is 0 Å². The predicted molar refractivity (Wildman–Crippen MR) is 95.1 cm³/mol. The summed E-state index contributed by atoms with van der Waals surface area (Å²) in [6, 6.07) is 7.93. The minimum atomic E-state index is -0.388. The monoisotopic (exact) mass is 389 g/mol. The maximum atomic E-state index is 12.0. The lowest BCUT2D eigenvalue weighted by atomic mass is 10.2. The summed E-state index contributed by atoms with van der Waals surface area (Å²) in [5.41, 5.74) is 0.493. The second kappa shape index (κ2) is 8.33. The number of rotatable bonds is 6. The molecule has 0 heterocycles. The van der Waals surface area contributed by atoms with Gasteiger partial charge in [-0.05, 0) is 18.2 Å². The minimum absolute atomic E-state index is 0.257. The number of ether oxygens (including phenoxy) is 3. The van der Waals surface area contributed by atoms with E-state index in [9.17, 15) is 4.79 Å². The quantitative estimate of drug-likeness (QED) is 0.728. The lowest BCUT2D eigenvalue weighted by Crippen LogP contribution is -2.20. The van der Waals surface area contributed by atoms with Crippen molar-refractivity contribution in [1.29, 1.82) is 0 Å². The number of amides is 1. The summed E-state index contributed by atoms with van der Waals surface area (Å²) in [5.74, 6) is 0.961. The van der Waals surface area contributed by atoms with Crippen LogP contribution in [-0.2, 0) is 4.79 Å². The normalized spacial score (nSPS) is 10.2. The largest absolute Gasteiger partial charge is 0.497 e. The van der Waals surface area contributed by atoms with Crippen molar-refractivity contribution < 1.29 is 19.0 Å². The standard InChI is InChI=1S/C16H14Cl3NO4/c1-22-9-3-4-13(15(5-9)23-2)20-16(21)8-24-14-7-11(18)10(17)6-12(14)19/h3-7H,8H2,1-2H3,(H,20,21). The Bertz CT molecular complexity index is 752. The lowest BCUT2D eigenvalue weighted by Gasteiger charge is -2.13. The van der Waals surface area contributed by atoms with Crippen molar-refractivity contribution in [3.05, 3.63) is 45.4 Å². The Morgan fingerprint density at radius 3 is 2.33 bits per heavy atom. The molecular weight excluding hydrogens is 377 g/mol. The van der Waals surface area contributed by atoms with E-state index in [2.05, 4.69) is 5.32 Å². The number of carbonyl (C=O) groups excluding carboxylic acids is 1. The van der Waals surface area contributed by atoms with Crippen molar-refractivity contribution in [2.75, 3.05) is 26.1 Å². The van der Waals surface area contributed by atoms with E-state index in [1.54, 1.807) is 25.3 Å². The van der Waals surface area contributed by atoms with Gasteiger partial charge in [-0.25, -0.2) is 0 Å². The van der Waals surface area contributed by atoms with Gasteiger partial charge in [-0.3, -0.25) is 4.79 Å². The molecule has 0 spiro atoms. The molecule has 0 radical (unpaired) electrons. The Labute approximate surface area is 154 Å². The Hall–Kier alpha value is -1.82. The van der Waals surface area contributed by atoms with Gasteiger partial charge in [0.05, 0.1) is 35.0 Å². The molecule has 0 aliphatic rings. The topological polar surface area (TPSA) is 56.8 Å². The van der Waals surface area contributed by atoms with Crippen LogP contribution in [0.3, 0.4) is 0 Å². The number of methoxy groups -OCH3 is 2. The first-order chi connectivity index (χ1) is 11.4. The van der Waals surface area contributed by atoms with Crippen LogP contribution in [0.25, 0.3) is 0 Å². The number of halogens is 3. The first-order valence-electron chi connectivity index (χ1n) is 6.73. The van der Waals surface area contributed by atoms with Crippen LogP contribution < -0.4 is 19.5 Å². The Balaban J connectivity index is 2.03. The van der Waals surface area contributed by atoms with Gasteiger partial charge in [-0.15, -0.1) is 0 Å². The molecule has 2 rings (SSSR count). The van der Waals surface area contributed by atoms with Gasteiger partial charge in [0.1, 0.15) is 17.2 Å². The molecule has 0 saturated carbocycles. The fraction of sp³-hybridized carbons (Fsp3) is 0.188. The van der Waals surface area contributed by atoms with Gasteiger partial charge in [0.15, 0.2) is 6.61 Å². The van der Waals surface area contributed by atoms with Gasteiger partial charge in [0.2, 0.25) is 0 Å². The molecule has 5 nitrogen and oxygen atoms in total. The Morgan fingerprint density at radius 1 is 0.958 bits per heavy atom. The van der Waals surface area contributed by atoms with E-state index in [1.807, 2.05) is 0 Å². The molecule has 0 aromatic heterocycles. The summed E-state index contributed by atoms with van der Waals surface area (Å²) >= 11 is 17.7. The highest BCUT2D eigenvalue weighted by Gasteiger charge is 2.12. The number of benzene rings is 2. The molecule has 0 atom stereocenters. The highest BCUT2D eigenvalue weighted by Crippen LogP contribution is 2.34. The zero-order valence-electron chi connectivity index (χ0n) is 12.9. The molecule has 0 fully saturated rings. The smallest absolute Gasteiger partial charge is 0.262 e. The maximum Gasteiger partial charge on any atom is 0.262 e. The van der Waals surface area contributed by atoms with E-state index in [0.29, 0.717) is 22.2 Å². The van der Waals surface area contributed by atoms with Gasteiger partial charge < -0.3 is 19.5 Å². The average molecular weight is 391 g/mol. The number of anilines is 1. The van der Waals surface area contributed by atoms with E-state index in [0.717, 1.165) is 0 Å². The predicted octanol–water partition coefficient (Wildman–Crippen LogP) is 4.68. The van der Waals surface area contributed by atoms with Crippen LogP contribution in [0.15, 0.2) is 30.3 Å². The summed E-state index contributed by atoms with van der Waals surface area (Å²) in [6.07, 6.45) is 0. The third-order valence-electron chi connectivity index (χ3n) is 3.02. The molecule has 1 amide bonds. The molecule has 0 aliphatic carbocycles. The molecule has 0 unspecified atom stereocenters. The minimum Gasteiger partial charge on any atom is -0.497 e. The SMILES string of the molecule is COc1ccc(NC(=O)COc2cc(Cl)c(Cl)cc2Cl)c(OC)c1. The van der Waals surface area contributed by atoms with Gasteiger partial charge in [0, 0.05) is 12.1 Å². The molecular formula is C16H14Cl3NO4. The van der Waals surface area contributed by atoms with Crippen LogP contribution in [0.5, 0.6) is 17.2 Å². The molecule has 0 bridgehead atoms. The Kier molecular flexibility index (Phi) is 6.43. The van der Waals surface area contributed by atoms with Crippen LogP contribution in [0, 0.1) is 0 Å². The van der Waals surface area contributed by atoms with Crippen molar-refractivity contribution in [2.45, 2.75) is 0 Å². The second-order valence-corrected chi connectivity index (χ2v) is 5.82. The molecule has 128 valence electrons. The van der Waals surface area contributed by atoms with Gasteiger partial charge >= 0.3 is 0 Å². The lowest BCUT2D eigenvalue weighted by molar-refractivity contribution is -0.118. The molecule has 2 aromatic rings. The van der Waals surface area contributed by atoms with Crippen molar-refractivity contribution in [3.63, 3.8) is 0 Å². The van der Waals surface area contributed by atoms with Crippen LogP contribution >= 0.6 is 34.8 Å². The van der Waals surface area contributed by atoms with Crippen LogP contribution in [0.1, 0.15) is 0 Å². The number of nitrogens with one attached hydrogen (secondary N) is 1. The van der Waals surface area contributed by atoms with Gasteiger partial charge in [0.25, 0.3) is 5.91 Å². The van der Waals surface area contributed by atoms with Gasteiger partial charge in [-0.1, -0.05) is 34.8 Å². The third kappa shape index (κ3) is 4.60. The first-order valence-corrected chi connectivity index (χ1v) is 7.87. The molecule has 0 aliphatic heterocycles. The van der Waals surface area contributed by atoms with Crippen molar-refractivity contribution >= 4 is 46.4 Å². The number of carbonyl (C=O) groups is 1. The fourth-order valence-corrected chi connectivity index (χ4v) is 2.44. The van der Waals surface area contributed by atoms with Crippen LogP contribution in [0.4, 0.5) is 5.69 Å². The van der Waals surface area contributed by atoms with Crippen molar-refractivity contribution in [3.8, 4) is 17.2 Å². The van der Waals surface area contributed by atoms with E-state index >= 15 is 0 Å². The molecule has 2 aromatic carbocycles. The molecule has 1 N–H and O–H groups in total. The Morgan fingerprint density at radius 2 is 1.67 bits per heavy atom. The second-order valence-electron chi connectivity index (χ2n) is 4.60. The summed E-state index contributed by atoms with van der Waals surface area (Å²) in [5, 5.41) is 3.54. The highest BCUT2D eigenvalue weighted by atomic mass is 35.5. The number of hydrogen-bond acceptors (Lipinski definition) is 4. The van der Waals surface area contributed by atoms with Crippen LogP contribution in [-0.4, -0.2) is 26.7 Å². The summed E-state index contributed by atoms with van der Waals surface area (Å²) in [7, 11) is 3.04. The summed E-state index contributed by atoms with van der Waals surface area (Å²) in [6.45, 7) is -0.257. The van der Waals surface area contributed by atoms with E-state index in [4.69, 9.17) is 49.0 Å². The fourth-order valence-electron chi connectivity index (χ4n) is 1.85. The molecule has 0 saturated heterocycles. The zero-order chi connectivity index (χ0) is 17.7. The molecule has 8 heteroatoms. The zero-order valence-corrected chi connectivity index (χ0v) is 15.1. The first kappa shape index (κ1) is 18.5. The molecule has 24 heavy (non-hydrogen) atoms. The van der Waals surface area contributed by atoms with Gasteiger partial charge in [-0.2, -0.15) is 0 Å². The summed E-state index contributed by atoms with van der Waals surface area (Å²) < 4.78 is 15.7. The van der Waals surface area contributed by atoms with E-state index < -0.39 is 0 Å². The van der Waals surface area contributed by atoms with E-state index in [1.165, 1.54) is 19.2 Å². The summed E-state index contributed by atoms with van der Waals surface area (Å²) in [4.78, 5) is 12.0. The highest BCUT2D eigenvalue weighted by molar-refractivity contribution is 6.43. The van der Waals surface area contributed by atoms with Crippen molar-refractivity contribution in [2.24, 2.45) is 0 Å². The number of hydrogen-bond donors (Lipinski definition) is 1. The van der Waals surface area contributed by atoms with E-state index in [-0.39, 0.29) is 28.3 Å². The third-order valence-corrected chi connectivity index (χ3v) is 4.03. The van der Waals surface area contributed by atoms with Crippen LogP contribution in [0.2, 0.25) is 15.1 Å².